The predicted octanol–water partition coefficient (Wildman–Crippen LogP) is 0.644. The van der Waals surface area contributed by atoms with E-state index in [-0.39, 0.29) is 4.90 Å². The number of anilines is 1. The van der Waals surface area contributed by atoms with Gasteiger partial charge in [-0.05, 0) is 24.5 Å². The summed E-state index contributed by atoms with van der Waals surface area (Å²) in [4.78, 5) is 9.28. The van der Waals surface area contributed by atoms with Crippen LogP contribution in [-0.2, 0) is 14.6 Å². The Balaban J connectivity index is 1.54. The molecule has 3 rings (SSSR count). The van der Waals surface area contributed by atoms with Crippen LogP contribution in [-0.4, -0.2) is 70.5 Å². The lowest BCUT2D eigenvalue weighted by molar-refractivity contribution is 0.164. The number of sulfone groups is 1. The van der Waals surface area contributed by atoms with E-state index in [1.165, 1.54) is 18.9 Å². The standard InChI is InChI=1S/C15H23N3O3S/c1-22(19,20)14-2-3-15(16-10-14)18-7-5-17(6-8-18)11-13-4-9-21-12-13/h2-3,10,13H,4-9,11-12H2,1H3. The Kier molecular flexibility index (Phi) is 4.65. The lowest BCUT2D eigenvalue weighted by Crippen LogP contribution is -2.48. The van der Waals surface area contributed by atoms with E-state index < -0.39 is 9.84 Å². The molecule has 122 valence electrons. The lowest BCUT2D eigenvalue weighted by atomic mass is 10.1. The van der Waals surface area contributed by atoms with Crippen molar-refractivity contribution < 1.29 is 13.2 Å². The molecule has 2 fully saturated rings. The van der Waals surface area contributed by atoms with Crippen LogP contribution in [0, 0.1) is 5.92 Å². The first-order valence-corrected chi connectivity index (χ1v) is 9.63. The maximum atomic E-state index is 11.5. The highest BCUT2D eigenvalue weighted by Crippen LogP contribution is 2.18. The molecule has 2 saturated heterocycles. The highest BCUT2D eigenvalue weighted by molar-refractivity contribution is 7.90. The molecular formula is C15H23N3O3S. The van der Waals surface area contributed by atoms with Crippen LogP contribution < -0.4 is 4.90 Å². The topological polar surface area (TPSA) is 62.7 Å². The summed E-state index contributed by atoms with van der Waals surface area (Å²) in [6.45, 7) is 6.82. The SMILES string of the molecule is CS(=O)(=O)c1ccc(N2CCN(CC3CCOC3)CC2)nc1. The molecule has 0 aromatic carbocycles. The third-order valence-corrected chi connectivity index (χ3v) is 5.48. The van der Waals surface area contributed by atoms with Crippen LogP contribution in [0.1, 0.15) is 6.42 Å². The van der Waals surface area contributed by atoms with Crippen molar-refractivity contribution in [3.8, 4) is 0 Å². The van der Waals surface area contributed by atoms with E-state index >= 15 is 0 Å². The van der Waals surface area contributed by atoms with Crippen molar-refractivity contribution in [3.63, 3.8) is 0 Å². The summed E-state index contributed by atoms with van der Waals surface area (Å²) < 4.78 is 28.3. The molecule has 0 bridgehead atoms. The minimum absolute atomic E-state index is 0.274. The highest BCUT2D eigenvalue weighted by Gasteiger charge is 2.23. The second-order valence-electron chi connectivity index (χ2n) is 6.14. The van der Waals surface area contributed by atoms with Crippen molar-refractivity contribution in [2.45, 2.75) is 11.3 Å². The van der Waals surface area contributed by atoms with E-state index in [0.29, 0.717) is 5.92 Å². The number of ether oxygens (including phenoxy) is 1. The number of pyridine rings is 1. The summed E-state index contributed by atoms with van der Waals surface area (Å²) in [5.41, 5.74) is 0. The minimum Gasteiger partial charge on any atom is -0.381 e. The van der Waals surface area contributed by atoms with Gasteiger partial charge in [0, 0.05) is 51.8 Å². The molecule has 0 amide bonds. The van der Waals surface area contributed by atoms with Gasteiger partial charge in [-0.3, -0.25) is 4.90 Å². The van der Waals surface area contributed by atoms with Crippen molar-refractivity contribution in [2.24, 2.45) is 5.92 Å². The van der Waals surface area contributed by atoms with E-state index in [9.17, 15) is 8.42 Å². The van der Waals surface area contributed by atoms with Crippen LogP contribution in [0.15, 0.2) is 23.2 Å². The van der Waals surface area contributed by atoms with E-state index in [1.54, 1.807) is 12.1 Å². The number of piperazine rings is 1. The van der Waals surface area contributed by atoms with Gasteiger partial charge in [-0.2, -0.15) is 0 Å². The molecule has 1 unspecified atom stereocenters. The number of hydrogen-bond donors (Lipinski definition) is 0. The van der Waals surface area contributed by atoms with Gasteiger partial charge in [0.15, 0.2) is 9.84 Å². The Bertz CT molecular complexity index is 589. The monoisotopic (exact) mass is 325 g/mol. The first-order valence-electron chi connectivity index (χ1n) is 7.73. The normalized spacial score (nSPS) is 23.9. The van der Waals surface area contributed by atoms with Gasteiger partial charge in [0.05, 0.1) is 11.5 Å². The predicted molar refractivity (Wildman–Crippen MR) is 84.9 cm³/mol. The zero-order valence-corrected chi connectivity index (χ0v) is 13.8. The lowest BCUT2D eigenvalue weighted by Gasteiger charge is -2.36. The molecule has 2 aliphatic heterocycles. The van der Waals surface area contributed by atoms with Crippen LogP contribution >= 0.6 is 0 Å². The molecule has 0 aliphatic carbocycles. The van der Waals surface area contributed by atoms with Gasteiger partial charge in [0.2, 0.25) is 0 Å². The van der Waals surface area contributed by atoms with E-state index in [2.05, 4.69) is 14.8 Å². The van der Waals surface area contributed by atoms with Gasteiger partial charge >= 0.3 is 0 Å². The molecular weight excluding hydrogens is 302 g/mol. The molecule has 0 spiro atoms. The molecule has 2 aliphatic rings. The summed E-state index contributed by atoms with van der Waals surface area (Å²) in [7, 11) is -3.17. The Labute approximate surface area is 132 Å². The summed E-state index contributed by atoms with van der Waals surface area (Å²) in [5.74, 6) is 1.54. The van der Waals surface area contributed by atoms with Crippen molar-refractivity contribution >= 4 is 15.7 Å². The van der Waals surface area contributed by atoms with Gasteiger partial charge in [-0.25, -0.2) is 13.4 Å². The maximum absolute atomic E-state index is 11.5. The largest absolute Gasteiger partial charge is 0.381 e. The highest BCUT2D eigenvalue weighted by atomic mass is 32.2. The number of aromatic nitrogens is 1. The molecule has 3 heterocycles. The van der Waals surface area contributed by atoms with Gasteiger partial charge in [-0.15, -0.1) is 0 Å². The van der Waals surface area contributed by atoms with Crippen molar-refractivity contribution in [1.29, 1.82) is 0 Å². The van der Waals surface area contributed by atoms with E-state index in [4.69, 9.17) is 4.74 Å². The van der Waals surface area contributed by atoms with E-state index in [0.717, 1.165) is 51.8 Å². The number of rotatable bonds is 4. The molecule has 1 atom stereocenters. The van der Waals surface area contributed by atoms with Crippen LogP contribution in [0.5, 0.6) is 0 Å². The van der Waals surface area contributed by atoms with Gasteiger partial charge in [0.1, 0.15) is 5.82 Å². The fourth-order valence-corrected chi connectivity index (χ4v) is 3.59. The van der Waals surface area contributed by atoms with Crippen molar-refractivity contribution in [3.05, 3.63) is 18.3 Å². The second-order valence-corrected chi connectivity index (χ2v) is 8.16. The maximum Gasteiger partial charge on any atom is 0.177 e. The zero-order chi connectivity index (χ0) is 15.6. The molecule has 0 N–H and O–H groups in total. The average Bonchev–Trinajstić information content (AvgIpc) is 3.00. The van der Waals surface area contributed by atoms with Gasteiger partial charge in [-0.1, -0.05) is 0 Å². The number of hydrogen-bond acceptors (Lipinski definition) is 6. The average molecular weight is 325 g/mol. The molecule has 0 saturated carbocycles. The number of nitrogens with zero attached hydrogens (tertiary/aromatic N) is 3. The minimum atomic E-state index is -3.17. The van der Waals surface area contributed by atoms with E-state index in [1.807, 2.05) is 0 Å². The Morgan fingerprint density at radius 1 is 1.27 bits per heavy atom. The van der Waals surface area contributed by atoms with Crippen LogP contribution in [0.3, 0.4) is 0 Å². The quantitative estimate of drug-likeness (QED) is 0.810. The summed E-state index contributed by atoms with van der Waals surface area (Å²) in [6, 6.07) is 3.44. The van der Waals surface area contributed by atoms with Gasteiger partial charge in [0.25, 0.3) is 0 Å². The molecule has 7 heteroatoms. The van der Waals surface area contributed by atoms with Crippen molar-refractivity contribution in [1.82, 2.24) is 9.88 Å². The first-order chi connectivity index (χ1) is 10.5. The summed E-state index contributed by atoms with van der Waals surface area (Å²) in [5, 5.41) is 0. The Morgan fingerprint density at radius 3 is 2.59 bits per heavy atom. The fraction of sp³-hybridized carbons (Fsp3) is 0.667. The van der Waals surface area contributed by atoms with Gasteiger partial charge < -0.3 is 9.64 Å². The zero-order valence-electron chi connectivity index (χ0n) is 12.9. The Morgan fingerprint density at radius 2 is 2.05 bits per heavy atom. The van der Waals surface area contributed by atoms with Crippen LogP contribution in [0.25, 0.3) is 0 Å². The third kappa shape index (κ3) is 3.77. The fourth-order valence-electron chi connectivity index (χ4n) is 3.03. The molecule has 1 aromatic rings. The Hall–Kier alpha value is -1.18. The molecule has 0 radical (unpaired) electrons. The summed E-state index contributed by atoms with van der Waals surface area (Å²) in [6.07, 6.45) is 3.83. The third-order valence-electron chi connectivity index (χ3n) is 4.39. The second kappa shape index (κ2) is 6.52. The molecule has 1 aromatic heterocycles. The van der Waals surface area contributed by atoms with Crippen LogP contribution in [0.4, 0.5) is 5.82 Å². The molecule has 22 heavy (non-hydrogen) atoms. The molecule has 6 nitrogen and oxygen atoms in total. The first kappa shape index (κ1) is 15.7. The van der Waals surface area contributed by atoms with Crippen molar-refractivity contribution in [2.75, 3.05) is 57.1 Å². The smallest absolute Gasteiger partial charge is 0.177 e. The summed E-state index contributed by atoms with van der Waals surface area (Å²) >= 11 is 0. The van der Waals surface area contributed by atoms with Crippen LogP contribution in [0.2, 0.25) is 0 Å².